The average molecular weight is 506 g/mol. The molecule has 0 saturated heterocycles. The molecule has 0 radical (unpaired) electrons. The number of carboxylic acid groups (broad SMARTS) is 1. The fourth-order valence-corrected chi connectivity index (χ4v) is 3.20. The molecular weight excluding hydrogens is 469 g/mol. The summed E-state index contributed by atoms with van der Waals surface area (Å²) in [5.41, 5.74) is 1.66. The van der Waals surface area contributed by atoms with Gasteiger partial charge in [-0.2, -0.15) is 0 Å². The molecule has 0 aliphatic heterocycles. The van der Waals surface area contributed by atoms with Crippen LogP contribution in [0.1, 0.15) is 31.9 Å². The summed E-state index contributed by atoms with van der Waals surface area (Å²) in [6.07, 6.45) is -1.07. The molecule has 0 aliphatic rings. The molecule has 0 spiro atoms. The first-order valence-corrected chi connectivity index (χ1v) is 12.1. The third kappa shape index (κ3) is 11.0. The van der Waals surface area contributed by atoms with Crippen LogP contribution in [0, 0.1) is 11.7 Å². The summed E-state index contributed by atoms with van der Waals surface area (Å²) in [6, 6.07) is 13.2. The second kappa shape index (κ2) is 15.7. The Morgan fingerprint density at radius 3 is 2.22 bits per heavy atom. The van der Waals surface area contributed by atoms with Gasteiger partial charge in [0, 0.05) is 19.6 Å². The van der Waals surface area contributed by atoms with Gasteiger partial charge in [-0.3, -0.25) is 0 Å². The first kappa shape index (κ1) is 29.1. The van der Waals surface area contributed by atoms with Gasteiger partial charge in [0.2, 0.25) is 0 Å². The van der Waals surface area contributed by atoms with Crippen LogP contribution in [0.2, 0.25) is 0 Å². The van der Waals surface area contributed by atoms with Crippen molar-refractivity contribution in [3.63, 3.8) is 0 Å². The maximum Gasteiger partial charge on any atom is 0.409 e. The van der Waals surface area contributed by atoms with Gasteiger partial charge in [0.25, 0.3) is 0 Å². The number of hydrogen-bond donors (Lipinski definition) is 1. The minimum absolute atomic E-state index is 0.212. The zero-order valence-electron chi connectivity index (χ0n) is 21.2. The van der Waals surface area contributed by atoms with E-state index in [0.717, 1.165) is 11.1 Å². The molecule has 1 unspecified atom stereocenters. The molecule has 2 aromatic rings. The van der Waals surface area contributed by atoms with Crippen LogP contribution in [0.15, 0.2) is 48.5 Å². The van der Waals surface area contributed by atoms with Crippen molar-refractivity contribution in [2.24, 2.45) is 5.92 Å². The highest BCUT2D eigenvalue weighted by Gasteiger charge is 2.18. The van der Waals surface area contributed by atoms with Crippen LogP contribution in [0.4, 0.5) is 9.18 Å². The monoisotopic (exact) mass is 505 g/mol. The molecule has 1 amide bonds. The zero-order valence-corrected chi connectivity index (χ0v) is 21.2. The second-order valence-corrected chi connectivity index (χ2v) is 8.62. The predicted octanol–water partition coefficient (Wildman–Crippen LogP) is 4.55. The molecule has 0 aliphatic carbocycles. The molecule has 1 atom stereocenters. The lowest BCUT2D eigenvalue weighted by Gasteiger charge is -2.23. The summed E-state index contributed by atoms with van der Waals surface area (Å²) in [5.74, 6) is -0.487. The molecule has 198 valence electrons. The van der Waals surface area contributed by atoms with E-state index in [1.54, 1.807) is 43.3 Å². The van der Waals surface area contributed by atoms with Gasteiger partial charge >= 0.3 is 12.1 Å². The Hall–Kier alpha value is -3.17. The Bertz CT molecular complexity index is 919. The van der Waals surface area contributed by atoms with E-state index in [9.17, 15) is 19.1 Å². The Labute approximate surface area is 211 Å². The lowest BCUT2D eigenvalue weighted by molar-refractivity contribution is -0.149. The number of carboxylic acids is 1. The molecule has 0 bridgehead atoms. The first-order valence-electron chi connectivity index (χ1n) is 12.1. The average Bonchev–Trinajstić information content (AvgIpc) is 2.85. The van der Waals surface area contributed by atoms with Crippen LogP contribution < -0.4 is 4.74 Å². The van der Waals surface area contributed by atoms with E-state index >= 15 is 0 Å². The van der Waals surface area contributed by atoms with E-state index in [0.29, 0.717) is 38.7 Å². The number of ether oxygens (including phenoxy) is 4. The third-order valence-electron chi connectivity index (χ3n) is 5.10. The Morgan fingerprint density at radius 1 is 0.972 bits per heavy atom. The topological polar surface area (TPSA) is 94.5 Å². The fraction of sp³-hybridized carbons (Fsp3) is 0.481. The summed E-state index contributed by atoms with van der Waals surface area (Å²) in [7, 11) is 0. The Morgan fingerprint density at radius 2 is 1.61 bits per heavy atom. The highest BCUT2D eigenvalue weighted by atomic mass is 19.1. The summed E-state index contributed by atoms with van der Waals surface area (Å²) in [5, 5.41) is 9.23. The summed E-state index contributed by atoms with van der Waals surface area (Å²) < 4.78 is 35.1. The largest absolute Gasteiger partial charge is 0.492 e. The molecule has 9 heteroatoms. The summed E-state index contributed by atoms with van der Waals surface area (Å²) in [4.78, 5) is 25.3. The van der Waals surface area contributed by atoms with Gasteiger partial charge in [-0.15, -0.1) is 0 Å². The van der Waals surface area contributed by atoms with Crippen molar-refractivity contribution >= 4 is 12.1 Å². The highest BCUT2D eigenvalue weighted by Crippen LogP contribution is 2.15. The van der Waals surface area contributed by atoms with Crippen molar-refractivity contribution < 1.29 is 38.0 Å². The van der Waals surface area contributed by atoms with Gasteiger partial charge in [0.1, 0.15) is 18.2 Å². The van der Waals surface area contributed by atoms with Crippen LogP contribution in [0.3, 0.4) is 0 Å². The van der Waals surface area contributed by atoms with Gasteiger partial charge in [-0.05, 0) is 48.2 Å². The quantitative estimate of drug-likeness (QED) is 0.335. The maximum absolute atomic E-state index is 13.0. The van der Waals surface area contributed by atoms with Gasteiger partial charge in [-0.1, -0.05) is 38.1 Å². The number of nitrogens with zero attached hydrogens (tertiary/aromatic N) is 1. The van der Waals surface area contributed by atoms with Crippen LogP contribution in [0.5, 0.6) is 5.75 Å². The third-order valence-corrected chi connectivity index (χ3v) is 5.10. The number of hydrogen-bond acceptors (Lipinski definition) is 6. The Balaban J connectivity index is 1.84. The minimum Gasteiger partial charge on any atom is -0.492 e. The van der Waals surface area contributed by atoms with Gasteiger partial charge in [0.15, 0.2) is 6.10 Å². The first-order chi connectivity index (χ1) is 17.3. The van der Waals surface area contributed by atoms with Crippen molar-refractivity contribution in [3.05, 3.63) is 65.5 Å². The number of carbonyl (C=O) groups is 2. The number of aliphatic carboxylic acids is 1. The van der Waals surface area contributed by atoms with Crippen molar-refractivity contribution in [2.75, 3.05) is 39.5 Å². The highest BCUT2D eigenvalue weighted by molar-refractivity contribution is 5.72. The fourth-order valence-electron chi connectivity index (χ4n) is 3.20. The van der Waals surface area contributed by atoms with E-state index in [1.165, 1.54) is 17.0 Å². The molecular formula is C27H36FNO7. The van der Waals surface area contributed by atoms with E-state index < -0.39 is 18.2 Å². The van der Waals surface area contributed by atoms with Crippen molar-refractivity contribution in [3.8, 4) is 5.75 Å². The predicted molar refractivity (Wildman–Crippen MR) is 133 cm³/mol. The summed E-state index contributed by atoms with van der Waals surface area (Å²) >= 11 is 0. The minimum atomic E-state index is -0.997. The summed E-state index contributed by atoms with van der Waals surface area (Å²) in [6.45, 7) is 7.76. The van der Waals surface area contributed by atoms with Crippen LogP contribution in [-0.2, 0) is 32.0 Å². The van der Waals surface area contributed by atoms with E-state index in [2.05, 4.69) is 0 Å². The van der Waals surface area contributed by atoms with Crippen LogP contribution >= 0.6 is 0 Å². The number of benzene rings is 2. The number of halogens is 1. The molecule has 0 saturated carbocycles. The molecule has 8 nitrogen and oxygen atoms in total. The number of amides is 1. The molecule has 2 aromatic carbocycles. The molecule has 1 N–H and O–H groups in total. The molecule has 0 fully saturated rings. The van der Waals surface area contributed by atoms with E-state index in [4.69, 9.17) is 18.9 Å². The van der Waals surface area contributed by atoms with Crippen LogP contribution in [0.25, 0.3) is 0 Å². The van der Waals surface area contributed by atoms with Gasteiger partial charge in [-0.25, -0.2) is 14.0 Å². The smallest absolute Gasteiger partial charge is 0.409 e. The van der Waals surface area contributed by atoms with Crippen molar-refractivity contribution in [1.82, 2.24) is 4.90 Å². The standard InChI is InChI=1S/C27H36FNO7/c1-4-34-25(26(30)31)17-21-7-11-24(12-8-21)35-16-14-29(27(32)36-18-20(2)3)13-15-33-19-22-5-9-23(28)10-6-22/h5-12,20,25H,4,13-19H2,1-3H3,(H,30,31). The van der Waals surface area contributed by atoms with Crippen LogP contribution in [-0.4, -0.2) is 67.7 Å². The second-order valence-electron chi connectivity index (χ2n) is 8.62. The molecule has 0 heterocycles. The van der Waals surface area contributed by atoms with Gasteiger partial charge in [0.05, 0.1) is 26.4 Å². The molecule has 36 heavy (non-hydrogen) atoms. The number of rotatable bonds is 16. The van der Waals surface area contributed by atoms with E-state index in [1.807, 2.05) is 13.8 Å². The SMILES string of the molecule is CCOC(Cc1ccc(OCCN(CCOCc2ccc(F)cc2)C(=O)OCC(C)C)cc1)C(=O)O. The van der Waals surface area contributed by atoms with Crippen molar-refractivity contribution in [2.45, 2.75) is 39.9 Å². The normalized spacial score (nSPS) is 11.8. The van der Waals surface area contributed by atoms with Crippen molar-refractivity contribution in [1.29, 1.82) is 0 Å². The lowest BCUT2D eigenvalue weighted by atomic mass is 10.1. The molecule has 2 rings (SSSR count). The Kier molecular flexibility index (Phi) is 12.7. The number of carbonyl (C=O) groups excluding carboxylic acids is 1. The van der Waals surface area contributed by atoms with E-state index in [-0.39, 0.29) is 31.4 Å². The zero-order chi connectivity index (χ0) is 26.3. The molecule has 0 aromatic heterocycles. The maximum atomic E-state index is 13.0. The van der Waals surface area contributed by atoms with Gasteiger partial charge < -0.3 is 29.0 Å². The lowest BCUT2D eigenvalue weighted by Crippen LogP contribution is -2.38.